The molecule has 0 bridgehead atoms. The number of nitrogens with zero attached hydrogens (tertiary/aromatic N) is 1. The highest BCUT2D eigenvalue weighted by atomic mass is 35.5. The van der Waals surface area contributed by atoms with E-state index in [-0.39, 0.29) is 101 Å². The minimum Gasteiger partial charge on any atom is -0.449 e. The highest BCUT2D eigenvalue weighted by Gasteiger charge is 2.52. The van der Waals surface area contributed by atoms with Gasteiger partial charge in [0, 0.05) is 34.7 Å². The number of hydrogen-bond acceptors (Lipinski definition) is 5. The van der Waals surface area contributed by atoms with E-state index in [0.29, 0.717) is 17.9 Å². The van der Waals surface area contributed by atoms with Gasteiger partial charge >= 0.3 is 6.09 Å². The van der Waals surface area contributed by atoms with Crippen LogP contribution in [-0.2, 0) is 20.7 Å². The van der Waals surface area contributed by atoms with E-state index in [2.05, 4.69) is 22.0 Å². The van der Waals surface area contributed by atoms with Crippen LogP contribution in [0, 0.1) is 28.6 Å². The lowest BCUT2D eigenvalue weighted by Gasteiger charge is -2.31. The molecule has 13 heteroatoms. The maximum Gasteiger partial charge on any atom is 0.407 e. The van der Waals surface area contributed by atoms with Crippen LogP contribution in [0.2, 0.25) is 5.02 Å². The van der Waals surface area contributed by atoms with E-state index in [1.54, 1.807) is 6.07 Å². The predicted octanol–water partition coefficient (Wildman–Crippen LogP) is 5.27. The van der Waals surface area contributed by atoms with Crippen LogP contribution in [0.4, 0.5) is 13.6 Å². The van der Waals surface area contributed by atoms with Gasteiger partial charge in [0.2, 0.25) is 17.7 Å². The van der Waals surface area contributed by atoms with Crippen molar-refractivity contribution in [2.75, 3.05) is 6.61 Å². The summed E-state index contributed by atoms with van der Waals surface area (Å²) in [7, 11) is 0. The van der Waals surface area contributed by atoms with Gasteiger partial charge in [0.05, 0.1) is 12.7 Å². The highest BCUT2D eigenvalue weighted by Crippen LogP contribution is 2.49. The second-order valence-corrected chi connectivity index (χ2v) is 13.1. The zero-order valence-electron chi connectivity index (χ0n) is 24.0. The standard InChI is InChI=1S/C30H37ClF2N4O4.2H2S/c31-22-3-1-2-20(12-22)15-28(8-9-28)18-41-27(40)36-24(13-19-4-6-30(32,33)7-5-19)26(39)35-23(17-34)14-21-16-29(10-11-29)37-25(21)38;;/h1-3,12,19,21,23-24H,4-11,13-16,18H2,(H,35,39)(H,36,40)(H,37,38);2*1H2/t21?,23-,24-;;/m0../s1. The van der Waals surface area contributed by atoms with Gasteiger partial charge in [-0.05, 0) is 87.8 Å². The van der Waals surface area contributed by atoms with Crippen molar-refractivity contribution in [2.45, 2.75) is 101 Å². The summed E-state index contributed by atoms with van der Waals surface area (Å²) in [5.41, 5.74) is 0.729. The fraction of sp³-hybridized carbons (Fsp3) is 0.667. The fourth-order valence-electron chi connectivity index (χ4n) is 6.28. The van der Waals surface area contributed by atoms with Crippen molar-refractivity contribution in [2.24, 2.45) is 17.3 Å². The molecule has 3 amide bonds. The fourth-order valence-corrected chi connectivity index (χ4v) is 6.49. The molecule has 4 fully saturated rings. The quantitative estimate of drug-likeness (QED) is 0.299. The molecular weight excluding hydrogens is 618 g/mol. The third-order valence-corrected chi connectivity index (χ3v) is 9.43. The topological polar surface area (TPSA) is 120 Å². The Balaban J connectivity index is 0.00000253. The van der Waals surface area contributed by atoms with E-state index in [0.717, 1.165) is 31.2 Å². The maximum atomic E-state index is 13.7. The molecule has 3 atom stereocenters. The number of benzene rings is 1. The van der Waals surface area contributed by atoms with Gasteiger partial charge in [0.1, 0.15) is 12.1 Å². The van der Waals surface area contributed by atoms with Crippen molar-refractivity contribution in [3.8, 4) is 6.07 Å². The summed E-state index contributed by atoms with van der Waals surface area (Å²) in [6.07, 6.45) is 4.52. The molecule has 1 unspecified atom stereocenters. The van der Waals surface area contributed by atoms with Crippen LogP contribution in [0.25, 0.3) is 0 Å². The average Bonchev–Trinajstić information content (AvgIpc) is 3.83. The minimum absolute atomic E-state index is 0. The van der Waals surface area contributed by atoms with Gasteiger partial charge in [-0.3, -0.25) is 9.59 Å². The summed E-state index contributed by atoms with van der Waals surface area (Å²) in [6, 6.07) is 7.64. The maximum absolute atomic E-state index is 13.7. The first kappa shape index (κ1) is 35.3. The number of halogens is 3. The Morgan fingerprint density at radius 2 is 1.79 bits per heavy atom. The smallest absolute Gasteiger partial charge is 0.407 e. The minimum atomic E-state index is -2.71. The van der Waals surface area contributed by atoms with E-state index in [1.807, 2.05) is 18.2 Å². The van der Waals surface area contributed by atoms with Crippen LogP contribution in [0.5, 0.6) is 0 Å². The van der Waals surface area contributed by atoms with Crippen LogP contribution >= 0.6 is 38.6 Å². The molecule has 1 spiro atoms. The number of alkyl halides is 2. The summed E-state index contributed by atoms with van der Waals surface area (Å²) in [5, 5.41) is 18.7. The second-order valence-electron chi connectivity index (χ2n) is 12.7. The van der Waals surface area contributed by atoms with Crippen molar-refractivity contribution in [1.29, 1.82) is 5.26 Å². The largest absolute Gasteiger partial charge is 0.449 e. The molecule has 1 heterocycles. The van der Waals surface area contributed by atoms with E-state index < -0.39 is 30.0 Å². The Morgan fingerprint density at radius 3 is 2.37 bits per heavy atom. The molecule has 3 saturated carbocycles. The molecule has 4 aliphatic rings. The molecule has 1 aromatic carbocycles. The molecular formula is C30H41ClF2N4O4S2. The zero-order chi connectivity index (χ0) is 29.3. The van der Waals surface area contributed by atoms with Gasteiger partial charge in [-0.15, -0.1) is 0 Å². The van der Waals surface area contributed by atoms with Gasteiger partial charge in [0.15, 0.2) is 0 Å². The van der Waals surface area contributed by atoms with E-state index in [1.165, 1.54) is 0 Å². The van der Waals surface area contributed by atoms with Gasteiger partial charge in [-0.2, -0.15) is 32.3 Å². The van der Waals surface area contributed by atoms with Crippen LogP contribution in [0.1, 0.15) is 76.2 Å². The molecule has 0 radical (unpaired) electrons. The molecule has 1 saturated heterocycles. The molecule has 5 rings (SSSR count). The lowest BCUT2D eigenvalue weighted by molar-refractivity contribution is -0.125. The number of rotatable bonds is 11. The number of carbonyl (C=O) groups is 3. The molecule has 8 nitrogen and oxygen atoms in total. The first-order valence-corrected chi connectivity index (χ1v) is 14.9. The second kappa shape index (κ2) is 14.2. The van der Waals surface area contributed by atoms with Crippen molar-refractivity contribution < 1.29 is 27.9 Å². The predicted molar refractivity (Wildman–Crippen MR) is 168 cm³/mol. The Bertz CT molecular complexity index is 1210. The number of ether oxygens (including phenoxy) is 1. The zero-order valence-corrected chi connectivity index (χ0v) is 26.8. The van der Waals surface area contributed by atoms with Gasteiger partial charge < -0.3 is 20.7 Å². The van der Waals surface area contributed by atoms with Gasteiger partial charge in [-0.1, -0.05) is 23.7 Å². The molecule has 1 aromatic rings. The third-order valence-electron chi connectivity index (χ3n) is 9.19. The Labute approximate surface area is 270 Å². The Hall–Kier alpha value is -2.23. The molecule has 3 N–H and O–H groups in total. The normalized spacial score (nSPS) is 23.8. The van der Waals surface area contributed by atoms with Crippen LogP contribution in [0.15, 0.2) is 24.3 Å². The van der Waals surface area contributed by atoms with Gasteiger partial charge in [0.25, 0.3) is 0 Å². The third kappa shape index (κ3) is 9.63. The number of nitriles is 1. The molecule has 0 aromatic heterocycles. The highest BCUT2D eigenvalue weighted by molar-refractivity contribution is 7.59. The lowest BCUT2D eigenvalue weighted by Crippen LogP contribution is -2.51. The first-order chi connectivity index (χ1) is 19.5. The van der Waals surface area contributed by atoms with Gasteiger partial charge in [-0.25, -0.2) is 13.6 Å². The van der Waals surface area contributed by atoms with E-state index in [9.17, 15) is 28.4 Å². The monoisotopic (exact) mass is 658 g/mol. The number of hydrogen-bond donors (Lipinski definition) is 3. The lowest BCUT2D eigenvalue weighted by atomic mass is 9.82. The Kier molecular flexibility index (Phi) is 11.7. The van der Waals surface area contributed by atoms with Crippen LogP contribution in [-0.4, -0.2) is 48.1 Å². The summed E-state index contributed by atoms with van der Waals surface area (Å²) in [5.74, 6) is -3.95. The molecule has 238 valence electrons. The van der Waals surface area contributed by atoms with E-state index >= 15 is 0 Å². The summed E-state index contributed by atoms with van der Waals surface area (Å²) < 4.78 is 33.0. The number of nitrogens with one attached hydrogen (secondary N) is 3. The van der Waals surface area contributed by atoms with Crippen LogP contribution < -0.4 is 16.0 Å². The molecule has 3 aliphatic carbocycles. The van der Waals surface area contributed by atoms with Crippen molar-refractivity contribution in [3.63, 3.8) is 0 Å². The van der Waals surface area contributed by atoms with E-state index in [4.69, 9.17) is 16.3 Å². The first-order valence-electron chi connectivity index (χ1n) is 14.6. The summed E-state index contributed by atoms with van der Waals surface area (Å²) in [4.78, 5) is 38.6. The SMILES string of the molecule is N#C[C@H](CC1CC2(CC2)NC1=O)NC(=O)[C@H](CC1CCC(F)(F)CC1)NC(=O)OCC1(Cc2cccc(Cl)c2)CC1.S.S. The van der Waals surface area contributed by atoms with Crippen LogP contribution in [0.3, 0.4) is 0 Å². The number of alkyl carbamates (subject to hydrolysis) is 1. The Morgan fingerprint density at radius 1 is 1.09 bits per heavy atom. The summed E-state index contributed by atoms with van der Waals surface area (Å²) >= 11 is 6.11. The number of amides is 3. The summed E-state index contributed by atoms with van der Waals surface area (Å²) in [6.45, 7) is 0.175. The molecule has 1 aliphatic heterocycles. The van der Waals surface area contributed by atoms with Crippen molar-refractivity contribution >= 4 is 56.5 Å². The average molecular weight is 659 g/mol. The van der Waals surface area contributed by atoms with Crippen molar-refractivity contribution in [3.05, 3.63) is 34.9 Å². The number of carbonyl (C=O) groups excluding carboxylic acids is 3. The molecule has 43 heavy (non-hydrogen) atoms. The van der Waals surface area contributed by atoms with Crippen molar-refractivity contribution in [1.82, 2.24) is 16.0 Å².